The van der Waals surface area contributed by atoms with Crippen molar-refractivity contribution >= 4 is 32.6 Å². The van der Waals surface area contributed by atoms with Crippen molar-refractivity contribution in [2.75, 3.05) is 7.11 Å². The van der Waals surface area contributed by atoms with Gasteiger partial charge in [0.15, 0.2) is 5.75 Å². The van der Waals surface area contributed by atoms with Crippen LogP contribution in [0.3, 0.4) is 0 Å². The van der Waals surface area contributed by atoms with Gasteiger partial charge in [0.25, 0.3) is 0 Å². The van der Waals surface area contributed by atoms with Crippen LogP contribution in [0, 0.1) is 6.92 Å². The van der Waals surface area contributed by atoms with Crippen LogP contribution in [0.1, 0.15) is 5.56 Å². The number of benzene rings is 2. The van der Waals surface area contributed by atoms with Gasteiger partial charge in [-0.3, -0.25) is 4.98 Å². The molecular formula is C17H14ClNO4S. The third-order valence-corrected chi connectivity index (χ3v) is 5.17. The van der Waals surface area contributed by atoms with E-state index in [2.05, 4.69) is 4.98 Å². The molecule has 124 valence electrons. The number of fused-ring (bicyclic) bond motifs is 1. The van der Waals surface area contributed by atoms with Crippen molar-refractivity contribution in [3.05, 3.63) is 59.2 Å². The van der Waals surface area contributed by atoms with Crippen molar-refractivity contribution in [3.8, 4) is 11.5 Å². The lowest BCUT2D eigenvalue weighted by atomic mass is 10.2. The number of aromatic nitrogens is 1. The molecule has 2 aromatic carbocycles. The average molecular weight is 364 g/mol. The molecule has 0 aliphatic heterocycles. The Labute approximate surface area is 144 Å². The number of rotatable bonds is 4. The van der Waals surface area contributed by atoms with Gasteiger partial charge in [-0.1, -0.05) is 29.8 Å². The first kappa shape index (κ1) is 16.5. The van der Waals surface area contributed by atoms with Gasteiger partial charge >= 0.3 is 10.1 Å². The van der Waals surface area contributed by atoms with E-state index in [-0.39, 0.29) is 16.4 Å². The standard InChI is InChI=1S/C17H14ClNO4S/c1-11-9-15(22-2)16(10-13(11)18)24(20,21)23-14-7-3-5-12-6-4-8-19-17(12)14/h3-10H,1-2H3. The molecule has 0 spiro atoms. The fourth-order valence-corrected chi connectivity index (χ4v) is 3.64. The molecule has 0 radical (unpaired) electrons. The minimum atomic E-state index is -4.14. The number of ether oxygens (including phenoxy) is 1. The maximum absolute atomic E-state index is 12.7. The first-order valence-corrected chi connectivity index (χ1v) is 8.83. The van der Waals surface area contributed by atoms with Crippen molar-refractivity contribution in [2.45, 2.75) is 11.8 Å². The molecule has 0 aliphatic rings. The second kappa shape index (κ2) is 6.30. The summed E-state index contributed by atoms with van der Waals surface area (Å²) in [5.74, 6) is 0.317. The van der Waals surface area contributed by atoms with Gasteiger partial charge in [-0.25, -0.2) is 0 Å². The molecule has 1 aromatic heterocycles. The van der Waals surface area contributed by atoms with Gasteiger partial charge in [0.05, 0.1) is 7.11 Å². The van der Waals surface area contributed by atoms with E-state index in [1.807, 2.05) is 12.1 Å². The Hall–Kier alpha value is -2.31. The fraction of sp³-hybridized carbons (Fsp3) is 0.118. The molecule has 0 N–H and O–H groups in total. The smallest absolute Gasteiger partial charge is 0.343 e. The summed E-state index contributed by atoms with van der Waals surface area (Å²) in [6.45, 7) is 1.76. The Bertz CT molecular complexity index is 1010. The molecule has 5 nitrogen and oxygen atoms in total. The minimum Gasteiger partial charge on any atom is -0.495 e. The molecule has 3 aromatic rings. The maximum Gasteiger partial charge on any atom is 0.343 e. The fourth-order valence-electron chi connectivity index (χ4n) is 2.30. The first-order chi connectivity index (χ1) is 11.4. The first-order valence-electron chi connectivity index (χ1n) is 7.05. The predicted octanol–water partition coefficient (Wildman–Crippen LogP) is 3.97. The topological polar surface area (TPSA) is 65.5 Å². The number of halogens is 1. The Morgan fingerprint density at radius 3 is 2.58 bits per heavy atom. The van der Waals surface area contributed by atoms with E-state index in [9.17, 15) is 8.42 Å². The van der Waals surface area contributed by atoms with Crippen LogP contribution in [0.15, 0.2) is 53.6 Å². The summed E-state index contributed by atoms with van der Waals surface area (Å²) in [5, 5.41) is 1.09. The highest BCUT2D eigenvalue weighted by Crippen LogP contribution is 2.33. The molecule has 0 bridgehead atoms. The van der Waals surface area contributed by atoms with Crippen molar-refractivity contribution in [3.63, 3.8) is 0 Å². The zero-order chi connectivity index (χ0) is 17.3. The molecule has 0 saturated heterocycles. The second-order valence-electron chi connectivity index (χ2n) is 5.12. The monoisotopic (exact) mass is 363 g/mol. The Morgan fingerprint density at radius 2 is 1.83 bits per heavy atom. The summed E-state index contributed by atoms with van der Waals surface area (Å²) >= 11 is 6.06. The normalized spacial score (nSPS) is 11.5. The molecule has 0 fully saturated rings. The molecular weight excluding hydrogens is 350 g/mol. The summed E-state index contributed by atoms with van der Waals surface area (Å²) in [7, 11) is -2.75. The molecule has 1 heterocycles. The minimum absolute atomic E-state index is 0.131. The molecule has 0 saturated carbocycles. The lowest BCUT2D eigenvalue weighted by Crippen LogP contribution is -2.12. The highest BCUT2D eigenvalue weighted by molar-refractivity contribution is 7.87. The van der Waals surface area contributed by atoms with Crippen molar-refractivity contribution in [1.29, 1.82) is 0 Å². The van der Waals surface area contributed by atoms with Crippen molar-refractivity contribution < 1.29 is 17.3 Å². The van der Waals surface area contributed by atoms with Gasteiger partial charge in [-0.15, -0.1) is 0 Å². The number of methoxy groups -OCH3 is 1. The van der Waals surface area contributed by atoms with Crippen LogP contribution in [0.2, 0.25) is 5.02 Å². The van der Waals surface area contributed by atoms with Crippen LogP contribution >= 0.6 is 11.6 Å². The molecule has 0 amide bonds. The Balaban J connectivity index is 2.11. The second-order valence-corrected chi connectivity index (χ2v) is 7.04. The quantitative estimate of drug-likeness (QED) is 0.656. The third kappa shape index (κ3) is 3.02. The van der Waals surface area contributed by atoms with E-state index in [4.69, 9.17) is 20.5 Å². The highest BCUT2D eigenvalue weighted by Gasteiger charge is 2.24. The summed E-state index contributed by atoms with van der Waals surface area (Å²) in [6.07, 6.45) is 1.57. The van der Waals surface area contributed by atoms with E-state index in [0.29, 0.717) is 16.1 Å². The molecule has 0 atom stereocenters. The van der Waals surface area contributed by atoms with E-state index in [0.717, 1.165) is 5.39 Å². The largest absolute Gasteiger partial charge is 0.495 e. The van der Waals surface area contributed by atoms with E-state index in [1.165, 1.54) is 13.2 Å². The zero-order valence-corrected chi connectivity index (χ0v) is 14.6. The summed E-state index contributed by atoms with van der Waals surface area (Å²) in [6, 6.07) is 11.5. The highest BCUT2D eigenvalue weighted by atomic mass is 35.5. The van der Waals surface area contributed by atoms with Gasteiger partial charge in [-0.2, -0.15) is 8.42 Å². The lowest BCUT2D eigenvalue weighted by molar-refractivity contribution is 0.398. The van der Waals surface area contributed by atoms with Gasteiger partial charge < -0.3 is 8.92 Å². The van der Waals surface area contributed by atoms with Crippen molar-refractivity contribution in [1.82, 2.24) is 4.98 Å². The van der Waals surface area contributed by atoms with Crippen molar-refractivity contribution in [2.24, 2.45) is 0 Å². The zero-order valence-electron chi connectivity index (χ0n) is 13.0. The number of nitrogens with zero attached hydrogens (tertiary/aromatic N) is 1. The lowest BCUT2D eigenvalue weighted by Gasteiger charge is -2.13. The SMILES string of the molecule is COc1cc(C)c(Cl)cc1S(=O)(=O)Oc1cccc2cccnc12. The number of pyridine rings is 1. The number of aryl methyl sites for hydroxylation is 1. The van der Waals surface area contributed by atoms with E-state index >= 15 is 0 Å². The Kier molecular flexibility index (Phi) is 4.34. The number of hydrogen-bond acceptors (Lipinski definition) is 5. The van der Waals surface area contributed by atoms with Crippen LogP contribution in [0.4, 0.5) is 0 Å². The summed E-state index contributed by atoms with van der Waals surface area (Å²) < 4.78 is 35.9. The molecule has 0 unspecified atom stereocenters. The average Bonchev–Trinajstić information content (AvgIpc) is 2.57. The number of hydrogen-bond donors (Lipinski definition) is 0. The summed E-state index contributed by atoms with van der Waals surface area (Å²) in [4.78, 5) is 4.06. The van der Waals surface area contributed by atoms with Gasteiger partial charge in [0.1, 0.15) is 16.2 Å². The number of para-hydroxylation sites is 1. The van der Waals surface area contributed by atoms with Gasteiger partial charge in [-0.05, 0) is 36.8 Å². The van der Waals surface area contributed by atoms with E-state index < -0.39 is 10.1 Å². The predicted molar refractivity (Wildman–Crippen MR) is 92.3 cm³/mol. The summed E-state index contributed by atoms with van der Waals surface area (Å²) in [5.41, 5.74) is 1.17. The van der Waals surface area contributed by atoms with Crippen LogP contribution in [0.5, 0.6) is 11.5 Å². The molecule has 7 heteroatoms. The van der Waals surface area contributed by atoms with Crippen LogP contribution < -0.4 is 8.92 Å². The Morgan fingerprint density at radius 1 is 1.08 bits per heavy atom. The third-order valence-electron chi connectivity index (χ3n) is 3.51. The van der Waals surface area contributed by atoms with Crippen LogP contribution in [0.25, 0.3) is 10.9 Å². The van der Waals surface area contributed by atoms with Gasteiger partial charge in [0, 0.05) is 16.6 Å². The van der Waals surface area contributed by atoms with Crippen LogP contribution in [-0.4, -0.2) is 20.5 Å². The van der Waals surface area contributed by atoms with E-state index in [1.54, 1.807) is 37.4 Å². The van der Waals surface area contributed by atoms with Gasteiger partial charge in [0.2, 0.25) is 0 Å². The molecule has 24 heavy (non-hydrogen) atoms. The molecule has 3 rings (SSSR count). The molecule has 0 aliphatic carbocycles. The van der Waals surface area contributed by atoms with Crippen LogP contribution in [-0.2, 0) is 10.1 Å². The maximum atomic E-state index is 12.7.